The van der Waals surface area contributed by atoms with E-state index in [-0.39, 0.29) is 11.1 Å². The van der Waals surface area contributed by atoms with Crippen molar-refractivity contribution in [2.45, 2.75) is 0 Å². The molecule has 1 N–H and O–H groups in total. The molecule has 6 heteroatoms. The highest BCUT2D eigenvalue weighted by Gasteiger charge is 2.00. The van der Waals surface area contributed by atoms with Gasteiger partial charge in [-0.05, 0) is 17.5 Å². The zero-order chi connectivity index (χ0) is 12.1. The second kappa shape index (κ2) is 5.56. The number of nitrogens with one attached hydrogen (secondary N) is 1. The van der Waals surface area contributed by atoms with Gasteiger partial charge in [0.1, 0.15) is 5.15 Å². The van der Waals surface area contributed by atoms with Crippen LogP contribution in [0, 0.1) is 0 Å². The van der Waals surface area contributed by atoms with Crippen molar-refractivity contribution in [2.24, 2.45) is 0 Å². The number of halogens is 1. The highest BCUT2D eigenvalue weighted by Crippen LogP contribution is 2.11. The molecular formula is C11H8ClN3OS. The Morgan fingerprint density at radius 2 is 2.35 bits per heavy atom. The zero-order valence-electron chi connectivity index (χ0n) is 8.63. The fourth-order valence-corrected chi connectivity index (χ4v) is 1.88. The van der Waals surface area contributed by atoms with E-state index in [0.717, 1.165) is 4.88 Å². The van der Waals surface area contributed by atoms with Gasteiger partial charge in [-0.15, -0.1) is 11.3 Å². The average Bonchev–Trinajstić information content (AvgIpc) is 2.79. The second-order valence-corrected chi connectivity index (χ2v) is 4.43. The third-order valence-corrected chi connectivity index (χ3v) is 2.82. The van der Waals surface area contributed by atoms with Crippen molar-refractivity contribution >= 4 is 40.7 Å². The number of rotatable bonds is 3. The lowest BCUT2D eigenvalue weighted by Gasteiger charge is -1.99. The van der Waals surface area contributed by atoms with Crippen LogP contribution < -0.4 is 5.32 Å². The van der Waals surface area contributed by atoms with Crippen LogP contribution in [0.1, 0.15) is 4.88 Å². The third-order valence-electron chi connectivity index (χ3n) is 1.80. The lowest BCUT2D eigenvalue weighted by molar-refractivity contribution is -0.111. The summed E-state index contributed by atoms with van der Waals surface area (Å²) in [7, 11) is 0. The Kier molecular flexibility index (Phi) is 3.85. The lowest BCUT2D eigenvalue weighted by Crippen LogP contribution is -2.09. The van der Waals surface area contributed by atoms with Gasteiger partial charge < -0.3 is 5.32 Å². The summed E-state index contributed by atoms with van der Waals surface area (Å²) < 4.78 is 0. The van der Waals surface area contributed by atoms with Crippen LogP contribution in [-0.4, -0.2) is 15.9 Å². The van der Waals surface area contributed by atoms with Crippen molar-refractivity contribution in [2.75, 3.05) is 5.32 Å². The van der Waals surface area contributed by atoms with Gasteiger partial charge in [0.2, 0.25) is 5.91 Å². The smallest absolute Gasteiger partial charge is 0.249 e. The van der Waals surface area contributed by atoms with Crippen LogP contribution in [0.15, 0.2) is 36.0 Å². The van der Waals surface area contributed by atoms with Crippen LogP contribution >= 0.6 is 22.9 Å². The normalized spacial score (nSPS) is 10.6. The molecule has 17 heavy (non-hydrogen) atoms. The minimum Gasteiger partial charge on any atom is -0.306 e. The first-order valence-electron chi connectivity index (χ1n) is 4.74. The SMILES string of the molecule is O=C(/C=C/c1cccs1)Nc1cncc(Cl)n1. The summed E-state index contributed by atoms with van der Waals surface area (Å²) in [5, 5.41) is 4.75. The maximum absolute atomic E-state index is 11.5. The molecule has 0 aliphatic carbocycles. The number of nitrogens with zero attached hydrogens (tertiary/aromatic N) is 2. The summed E-state index contributed by atoms with van der Waals surface area (Å²) in [4.78, 5) is 20.2. The fraction of sp³-hybridized carbons (Fsp3) is 0. The Labute approximate surface area is 107 Å². The largest absolute Gasteiger partial charge is 0.306 e. The second-order valence-electron chi connectivity index (χ2n) is 3.07. The van der Waals surface area contributed by atoms with Crippen molar-refractivity contribution < 1.29 is 4.79 Å². The zero-order valence-corrected chi connectivity index (χ0v) is 10.2. The molecule has 2 rings (SSSR count). The number of hydrogen-bond acceptors (Lipinski definition) is 4. The minimum atomic E-state index is -0.269. The Morgan fingerprint density at radius 1 is 1.47 bits per heavy atom. The van der Waals surface area contributed by atoms with Gasteiger partial charge in [-0.3, -0.25) is 9.78 Å². The standard InChI is InChI=1S/C11H8ClN3OS/c12-9-6-13-7-10(14-9)15-11(16)4-3-8-2-1-5-17-8/h1-7H,(H,14,15,16)/b4-3+. The molecule has 0 aliphatic rings. The van der Waals surface area contributed by atoms with Crippen molar-refractivity contribution in [3.8, 4) is 0 Å². The number of carbonyl (C=O) groups excluding carboxylic acids is 1. The molecule has 0 unspecified atom stereocenters. The van der Waals surface area contributed by atoms with E-state index in [0.29, 0.717) is 5.82 Å². The predicted octanol–water partition coefficient (Wildman–Crippen LogP) is 2.84. The van der Waals surface area contributed by atoms with Crippen LogP contribution in [0.2, 0.25) is 5.15 Å². The first kappa shape index (κ1) is 11.8. The van der Waals surface area contributed by atoms with Crippen molar-refractivity contribution in [1.82, 2.24) is 9.97 Å². The van der Waals surface area contributed by atoms with Gasteiger partial charge in [0.05, 0.1) is 12.4 Å². The molecule has 2 heterocycles. The van der Waals surface area contributed by atoms with Gasteiger partial charge in [0, 0.05) is 11.0 Å². The summed E-state index contributed by atoms with van der Waals surface area (Å²) in [5.41, 5.74) is 0. The molecule has 2 aromatic heterocycles. The predicted molar refractivity (Wildman–Crippen MR) is 69.0 cm³/mol. The number of hydrogen-bond donors (Lipinski definition) is 1. The summed E-state index contributed by atoms with van der Waals surface area (Å²) in [6, 6.07) is 3.85. The number of amides is 1. The van der Waals surface area contributed by atoms with E-state index in [9.17, 15) is 4.79 Å². The molecule has 0 radical (unpaired) electrons. The Bertz CT molecular complexity index is 539. The van der Waals surface area contributed by atoms with Crippen molar-refractivity contribution in [3.05, 3.63) is 46.0 Å². The van der Waals surface area contributed by atoms with Gasteiger partial charge >= 0.3 is 0 Å². The fourth-order valence-electron chi connectivity index (χ4n) is 1.11. The summed E-state index contributed by atoms with van der Waals surface area (Å²) in [6.45, 7) is 0. The van der Waals surface area contributed by atoms with E-state index >= 15 is 0 Å². The van der Waals surface area contributed by atoms with Crippen LogP contribution in [0.4, 0.5) is 5.82 Å². The van der Waals surface area contributed by atoms with Gasteiger partial charge in [-0.2, -0.15) is 0 Å². The van der Waals surface area contributed by atoms with Gasteiger partial charge in [-0.1, -0.05) is 17.7 Å². The van der Waals surface area contributed by atoms with E-state index < -0.39 is 0 Å². The minimum absolute atomic E-state index is 0.241. The Morgan fingerprint density at radius 3 is 3.06 bits per heavy atom. The van der Waals surface area contributed by atoms with Gasteiger partial charge in [0.15, 0.2) is 5.82 Å². The number of anilines is 1. The molecule has 0 saturated heterocycles. The first-order valence-corrected chi connectivity index (χ1v) is 6.00. The van der Waals surface area contributed by atoms with Crippen molar-refractivity contribution in [1.29, 1.82) is 0 Å². The van der Waals surface area contributed by atoms with E-state index in [2.05, 4.69) is 15.3 Å². The van der Waals surface area contributed by atoms with Gasteiger partial charge in [0.25, 0.3) is 0 Å². The summed E-state index contributed by atoms with van der Waals surface area (Å²) in [5.74, 6) is 0.0632. The lowest BCUT2D eigenvalue weighted by atomic mass is 10.4. The van der Waals surface area contributed by atoms with Crippen LogP contribution in [0.3, 0.4) is 0 Å². The third kappa shape index (κ3) is 3.65. The Hall–Kier alpha value is -1.72. The van der Waals surface area contributed by atoms with Gasteiger partial charge in [-0.25, -0.2) is 4.98 Å². The van der Waals surface area contributed by atoms with E-state index in [1.54, 1.807) is 17.4 Å². The van der Waals surface area contributed by atoms with Crippen LogP contribution in [0.5, 0.6) is 0 Å². The molecule has 0 atom stereocenters. The van der Waals surface area contributed by atoms with E-state index in [1.165, 1.54) is 18.5 Å². The molecule has 86 valence electrons. The molecule has 2 aromatic rings. The first-order chi connectivity index (χ1) is 8.24. The molecule has 1 amide bonds. The van der Waals surface area contributed by atoms with Crippen LogP contribution in [-0.2, 0) is 4.79 Å². The van der Waals surface area contributed by atoms with Crippen LogP contribution in [0.25, 0.3) is 6.08 Å². The molecular weight excluding hydrogens is 258 g/mol. The quantitative estimate of drug-likeness (QED) is 0.869. The van der Waals surface area contributed by atoms with Crippen molar-refractivity contribution in [3.63, 3.8) is 0 Å². The highest BCUT2D eigenvalue weighted by atomic mass is 35.5. The molecule has 0 aromatic carbocycles. The molecule has 0 spiro atoms. The summed E-state index contributed by atoms with van der Waals surface area (Å²) >= 11 is 7.20. The number of carbonyl (C=O) groups is 1. The topological polar surface area (TPSA) is 54.9 Å². The maximum atomic E-state index is 11.5. The molecule has 0 aliphatic heterocycles. The summed E-state index contributed by atoms with van der Waals surface area (Å²) in [6.07, 6.45) is 6.01. The molecule has 0 fully saturated rings. The Balaban J connectivity index is 1.98. The maximum Gasteiger partial charge on any atom is 0.249 e. The monoisotopic (exact) mass is 265 g/mol. The number of thiophene rings is 1. The molecule has 0 saturated carbocycles. The highest BCUT2D eigenvalue weighted by molar-refractivity contribution is 7.10. The molecule has 4 nitrogen and oxygen atoms in total. The van der Waals surface area contributed by atoms with E-state index in [1.807, 2.05) is 17.5 Å². The molecule has 0 bridgehead atoms. The van der Waals surface area contributed by atoms with E-state index in [4.69, 9.17) is 11.6 Å². The number of aromatic nitrogens is 2. The average molecular weight is 266 g/mol.